The first kappa shape index (κ1) is 80.0. The summed E-state index contributed by atoms with van der Waals surface area (Å²) in [6.45, 7) is 0. The normalized spacial score (nSPS) is 11.3. The van der Waals surface area contributed by atoms with Crippen LogP contribution < -0.4 is 38.8 Å². The van der Waals surface area contributed by atoms with Crippen molar-refractivity contribution in [2.45, 2.75) is 0 Å². The number of hydrogen-bond acceptors (Lipinski definition) is 4. The molecule has 4 aromatic heterocycles. The second-order valence-electron chi connectivity index (χ2n) is 33.0. The maximum Gasteiger partial charge on any atom is 1.00 e. The van der Waals surface area contributed by atoms with E-state index in [1.807, 2.05) is 18.2 Å². The Morgan fingerprint density at radius 1 is 0.214 bits per heavy atom. The topological polar surface area (TPSA) is 71.4 Å². The number of benzene rings is 21. The van der Waals surface area contributed by atoms with E-state index in [0.29, 0.717) is 5.52 Å². The first-order valence-corrected chi connectivity index (χ1v) is 44.2. The minimum Gasteiger partial charge on any atom is -0.868 e. The smallest absolute Gasteiger partial charge is 0.868 e. The number of aromatic nitrogens is 5. The Hall–Kier alpha value is -16.9. The van der Waals surface area contributed by atoms with Crippen LogP contribution in [0.2, 0.25) is 0 Å². The molecule has 0 radical (unpaired) electrons. The summed E-state index contributed by atoms with van der Waals surface area (Å²) in [4.78, 5) is 12.7. The summed E-state index contributed by atoms with van der Waals surface area (Å²) >= 11 is 0. The minimum absolute atomic E-state index is 0. The fourth-order valence-electron chi connectivity index (χ4n) is 19.2. The largest absolute Gasteiger partial charge is 1.00 e. The number of nitrogens with zero attached hydrogens (tertiary/aromatic N) is 6. The van der Waals surface area contributed by atoms with Crippen LogP contribution in [-0.4, -0.2) is 18.7 Å². The number of imidazole rings is 1. The van der Waals surface area contributed by atoms with Gasteiger partial charge in [0.1, 0.15) is 5.82 Å². The molecule has 0 unspecified atom stereocenters. The van der Waals surface area contributed by atoms with Crippen molar-refractivity contribution < 1.29 is 29.0 Å². The third-order valence-electron chi connectivity index (χ3n) is 25.3. The Bertz CT molecular complexity index is 8290. The number of H-pyrrole nitrogens is 1. The van der Waals surface area contributed by atoms with Crippen molar-refractivity contribution in [3.63, 3.8) is 0 Å². The van der Waals surface area contributed by atoms with E-state index < -0.39 is 0 Å². The molecule has 612 valence electrons. The molecule has 1 N–H and O–H groups in total. The number of pyridine rings is 1. The van der Waals surface area contributed by atoms with Crippen molar-refractivity contribution in [3.05, 3.63) is 498 Å². The van der Waals surface area contributed by atoms with E-state index in [1.54, 1.807) is 18.3 Å². The van der Waals surface area contributed by atoms with E-state index in [4.69, 9.17) is 4.98 Å². The Balaban J connectivity index is 0.000000137. The van der Waals surface area contributed by atoms with Gasteiger partial charge in [-0.25, -0.2) is 9.97 Å². The van der Waals surface area contributed by atoms with E-state index in [-0.39, 0.29) is 24.6 Å². The molecule has 0 aliphatic heterocycles. The van der Waals surface area contributed by atoms with Gasteiger partial charge in [-0.05, 0) is 269 Å². The van der Waals surface area contributed by atoms with E-state index >= 15 is 0 Å². The van der Waals surface area contributed by atoms with Gasteiger partial charge in [-0.2, -0.15) is 0 Å². The van der Waals surface area contributed by atoms with Crippen LogP contribution in [0.3, 0.4) is 0 Å². The quantitative estimate of drug-likeness (QED) is 0.0803. The van der Waals surface area contributed by atoms with Gasteiger partial charge in [-0.3, -0.25) is 4.57 Å². The molecule has 4 heterocycles. The van der Waals surface area contributed by atoms with Crippen molar-refractivity contribution in [2.75, 3.05) is 9.80 Å². The maximum absolute atomic E-state index is 11.1. The van der Waals surface area contributed by atoms with Gasteiger partial charge in [0.15, 0.2) is 6.20 Å². The third-order valence-corrected chi connectivity index (χ3v) is 25.3. The fraction of sp³-hybridized carbons (Fsp3) is 0. The molecule has 0 fully saturated rings. The molecule has 25 rings (SSSR count). The van der Waals surface area contributed by atoms with Crippen molar-refractivity contribution >= 4 is 143 Å². The van der Waals surface area contributed by atoms with Crippen molar-refractivity contribution in [1.82, 2.24) is 18.7 Å². The first-order valence-electron chi connectivity index (χ1n) is 44.2. The Morgan fingerprint density at radius 2 is 0.565 bits per heavy atom. The summed E-state index contributed by atoms with van der Waals surface area (Å²) < 4.78 is 6.99. The van der Waals surface area contributed by atoms with E-state index in [1.165, 1.54) is 115 Å². The Labute approximate surface area is 770 Å². The molecule has 0 saturated heterocycles. The van der Waals surface area contributed by atoms with Gasteiger partial charge >= 0.3 is 18.9 Å². The Kier molecular flexibility index (Phi) is 21.3. The summed E-state index contributed by atoms with van der Waals surface area (Å²) in [5, 5.41) is 27.0. The van der Waals surface area contributed by atoms with Gasteiger partial charge < -0.3 is 24.0 Å². The van der Waals surface area contributed by atoms with E-state index in [0.717, 1.165) is 95.7 Å². The van der Waals surface area contributed by atoms with Crippen LogP contribution in [0, 0.1) is 0 Å². The minimum atomic E-state index is 0. The van der Waals surface area contributed by atoms with Crippen molar-refractivity contribution in [3.8, 4) is 78.7 Å². The summed E-state index contributed by atoms with van der Waals surface area (Å²) in [7, 11) is 0. The summed E-state index contributed by atoms with van der Waals surface area (Å²) in [5.74, 6) is 0.977. The van der Waals surface area contributed by atoms with Crippen LogP contribution in [-0.2, 0) is 0 Å². The molecule has 0 atom stereocenters. The molecule has 25 aromatic rings. The monoisotopic (exact) mass is 1670 g/mol. The van der Waals surface area contributed by atoms with Gasteiger partial charge in [-0.15, -0.1) is 0 Å². The average molecular weight is 1670 g/mol. The maximum atomic E-state index is 11.1. The zero-order valence-electron chi connectivity index (χ0n) is 71.9. The zero-order valence-corrected chi connectivity index (χ0v) is 71.9. The van der Waals surface area contributed by atoms with Crippen molar-refractivity contribution in [2.24, 2.45) is 0 Å². The van der Waals surface area contributed by atoms with Gasteiger partial charge in [-0.1, -0.05) is 309 Å². The van der Waals surface area contributed by atoms with Gasteiger partial charge in [0.25, 0.3) is 0 Å². The molecule has 8 nitrogen and oxygen atoms in total. The Morgan fingerprint density at radius 3 is 1.07 bits per heavy atom. The van der Waals surface area contributed by atoms with Crippen LogP contribution >= 0.6 is 0 Å². The molecular weight excluding hydrogens is 1590 g/mol. The molecule has 0 saturated carbocycles. The molecule has 21 aromatic carbocycles. The second-order valence-corrected chi connectivity index (χ2v) is 33.0. The van der Waals surface area contributed by atoms with Crippen LogP contribution in [0.25, 0.3) is 182 Å². The second kappa shape index (κ2) is 34.8. The zero-order chi connectivity index (χ0) is 86.4. The number of aromatic amines is 1. The third kappa shape index (κ3) is 15.0. The van der Waals surface area contributed by atoms with Crippen LogP contribution in [0.15, 0.2) is 498 Å². The summed E-state index contributed by atoms with van der Waals surface area (Å²) in [6, 6.07) is 175. The number of hydrogen-bond donors (Lipinski definition) is 0. The van der Waals surface area contributed by atoms with Crippen molar-refractivity contribution in [1.29, 1.82) is 0 Å². The van der Waals surface area contributed by atoms with Crippen LogP contribution in [0.5, 0.6) is 5.75 Å². The fourth-order valence-corrected chi connectivity index (χ4v) is 19.2. The van der Waals surface area contributed by atoms with Gasteiger partial charge in [0.2, 0.25) is 5.52 Å². The van der Waals surface area contributed by atoms with Crippen LogP contribution in [0.4, 0.5) is 34.1 Å². The molecule has 0 aliphatic rings. The van der Waals surface area contributed by atoms with Gasteiger partial charge in [0, 0.05) is 89.7 Å². The van der Waals surface area contributed by atoms with E-state index in [9.17, 15) is 5.11 Å². The SMILES string of the molecule is [Li+].[O-]c1cccc2ccc[nH+]c12.c1ccc(-n2c(-c3ccc(-c4ccc5c(-c6ccc7ccccc7c6)c6ccccc6c(-c6ccc7ccccc7c6)c5c4)cc3)nc3ccccc32)cc1.c1ccc(N(c2ccc(-c3ccc(N(c4ccccc4)c4ccc5c(c4)c4ccccc4n5-c4ccccc4)cc3)cc2)c2ccc3c(c2)c2ccccc2n3-c2ccccc2)cc1. The summed E-state index contributed by atoms with van der Waals surface area (Å²) in [6.07, 6.45) is 1.75. The molecule has 0 aliphatic carbocycles. The van der Waals surface area contributed by atoms with Gasteiger partial charge in [0.05, 0.1) is 33.1 Å². The molecule has 131 heavy (non-hydrogen) atoms. The number of fused-ring (bicyclic) bond motifs is 12. The number of rotatable bonds is 14. The molecule has 0 bridgehead atoms. The number of nitrogens with one attached hydrogen (secondary N) is 1. The average Bonchev–Trinajstić information content (AvgIpc) is 0.980. The number of para-hydroxylation sites is 10. The standard InChI is InChI=1S/C60H42N4.C53H34N2.C9H7NO.Li/c1-5-17-45(18-6-1)61(51-37-39-59-55(41-51)53-25-13-15-27-57(53)63(59)47-21-9-3-10-22-47)49-33-29-43(30-34-49)44-31-35-50(36-32-44)62(46-19-7-2-8-20-46)52-38-40-60-56(42-52)54-26-14-16-28-58(54)64(60)48-23-11-4-12-24-48;1-2-16-44(17-3-1)55-50-21-11-10-20-49(50)54-53(55)38-26-22-37(23-27-38)41-30-31-47-48(34-41)52(43-29-25-36-13-5-7-15-40(36)33-43)46-19-9-8-18-45(46)51(47)42-28-24-35-12-4-6-14-39(35)32-42;11-8-5-1-3-7-4-2-6-10-9(7)8;/h1-42H;1-34H;1-6,11H;/q;;;+1. The first-order chi connectivity index (χ1) is 64.4. The molecular formula is C122H83LiN7O+. The predicted octanol–water partition coefficient (Wildman–Crippen LogP) is 28.5. The van der Waals surface area contributed by atoms with Crippen LogP contribution in [0.1, 0.15) is 0 Å². The molecule has 0 amide bonds. The molecule has 0 spiro atoms. The summed E-state index contributed by atoms with van der Waals surface area (Å²) in [5.41, 5.74) is 28.2. The molecule has 9 heteroatoms. The predicted molar refractivity (Wildman–Crippen MR) is 543 cm³/mol. The number of anilines is 6. The van der Waals surface area contributed by atoms with E-state index in [2.05, 4.69) is 490 Å².